The first-order valence-electron chi connectivity index (χ1n) is 9.93. The maximum atomic E-state index is 12.1. The highest BCUT2D eigenvalue weighted by molar-refractivity contribution is 6.30. The number of hydrogen-bond donors (Lipinski definition) is 4. The van der Waals surface area contributed by atoms with Crippen molar-refractivity contribution in [2.45, 2.75) is 18.6 Å². The number of carbonyl (C=O) groups is 1. The third-order valence-corrected chi connectivity index (χ3v) is 5.64. The van der Waals surface area contributed by atoms with Crippen LogP contribution < -0.4 is 11.1 Å². The van der Waals surface area contributed by atoms with E-state index in [2.05, 4.69) is 15.3 Å². The van der Waals surface area contributed by atoms with E-state index in [9.17, 15) is 9.90 Å². The summed E-state index contributed by atoms with van der Waals surface area (Å²) in [7, 11) is 0. The second-order valence-corrected chi connectivity index (χ2v) is 7.99. The van der Waals surface area contributed by atoms with Crippen LogP contribution in [0.4, 0.5) is 0 Å². The largest absolute Gasteiger partial charge is 0.379 e. The molecule has 0 saturated carbocycles. The van der Waals surface area contributed by atoms with Gasteiger partial charge in [0.05, 0.1) is 12.6 Å². The molecule has 0 spiro atoms. The highest BCUT2D eigenvalue weighted by Gasteiger charge is 2.32. The number of nitrogens with two attached hydrogens (primary N) is 1. The Morgan fingerprint density at radius 3 is 2.42 bits per heavy atom. The Labute approximate surface area is 185 Å². The summed E-state index contributed by atoms with van der Waals surface area (Å²) in [6.07, 6.45) is 3.62. The van der Waals surface area contributed by atoms with Crippen LogP contribution in [0, 0.1) is 0 Å². The Hall–Kier alpha value is -3.19. The number of aromatic nitrogens is 2. The molecule has 0 radical (unpaired) electrons. The van der Waals surface area contributed by atoms with Gasteiger partial charge in [0.1, 0.15) is 11.2 Å². The molecule has 158 valence electrons. The Morgan fingerprint density at radius 1 is 1.13 bits per heavy atom. The van der Waals surface area contributed by atoms with Crippen LogP contribution in [-0.4, -0.2) is 33.6 Å². The van der Waals surface area contributed by atoms with Gasteiger partial charge in [-0.05, 0) is 53.4 Å². The molecule has 4 aromatic rings. The first kappa shape index (κ1) is 21.1. The number of aromatic amines is 1. The average molecular weight is 435 g/mol. The zero-order chi connectivity index (χ0) is 22.0. The van der Waals surface area contributed by atoms with Crippen molar-refractivity contribution in [3.05, 3.63) is 89.2 Å². The molecule has 0 aliphatic heterocycles. The Morgan fingerprint density at radius 2 is 1.77 bits per heavy atom. The van der Waals surface area contributed by atoms with Crippen molar-refractivity contribution in [1.29, 1.82) is 0 Å². The van der Waals surface area contributed by atoms with Gasteiger partial charge in [0.2, 0.25) is 5.91 Å². The molecule has 2 atom stereocenters. The molecular formula is C24H23ClN4O2. The van der Waals surface area contributed by atoms with Crippen LogP contribution in [-0.2, 0) is 10.4 Å². The first-order valence-corrected chi connectivity index (χ1v) is 10.3. The van der Waals surface area contributed by atoms with Gasteiger partial charge < -0.3 is 21.1 Å². The van der Waals surface area contributed by atoms with E-state index in [1.165, 1.54) is 0 Å². The molecule has 0 aliphatic rings. The zero-order valence-electron chi connectivity index (χ0n) is 17.0. The number of H-pyrrole nitrogens is 1. The van der Waals surface area contributed by atoms with Gasteiger partial charge in [0.25, 0.3) is 0 Å². The van der Waals surface area contributed by atoms with Crippen LogP contribution in [0.15, 0.2) is 73.1 Å². The van der Waals surface area contributed by atoms with Gasteiger partial charge in [-0.1, -0.05) is 48.0 Å². The molecular weight excluding hydrogens is 412 g/mol. The molecule has 1 amide bonds. The molecule has 31 heavy (non-hydrogen) atoms. The predicted molar refractivity (Wildman–Crippen MR) is 123 cm³/mol. The minimum atomic E-state index is -1.45. The zero-order valence-corrected chi connectivity index (χ0v) is 17.7. The van der Waals surface area contributed by atoms with E-state index < -0.39 is 11.6 Å². The summed E-state index contributed by atoms with van der Waals surface area (Å²) in [5.74, 6) is -0.337. The predicted octanol–water partition coefficient (Wildman–Crippen LogP) is 3.58. The Bertz CT molecular complexity index is 1200. The third kappa shape index (κ3) is 4.18. The van der Waals surface area contributed by atoms with E-state index in [4.69, 9.17) is 17.3 Å². The van der Waals surface area contributed by atoms with E-state index in [0.717, 1.165) is 22.2 Å². The number of nitrogens with zero attached hydrogens (tertiary/aromatic N) is 1. The lowest BCUT2D eigenvalue weighted by molar-refractivity contribution is -0.123. The quantitative estimate of drug-likeness (QED) is 0.372. The van der Waals surface area contributed by atoms with Crippen molar-refractivity contribution in [1.82, 2.24) is 15.3 Å². The number of benzene rings is 2. The highest BCUT2D eigenvalue weighted by Crippen LogP contribution is 2.33. The van der Waals surface area contributed by atoms with Gasteiger partial charge in [0, 0.05) is 22.8 Å². The van der Waals surface area contributed by atoms with Gasteiger partial charge in [-0.25, -0.2) is 4.98 Å². The van der Waals surface area contributed by atoms with Crippen molar-refractivity contribution in [3.8, 4) is 11.1 Å². The number of fused-ring (bicyclic) bond motifs is 1. The fourth-order valence-electron chi connectivity index (χ4n) is 3.61. The van der Waals surface area contributed by atoms with E-state index in [-0.39, 0.29) is 12.5 Å². The molecule has 2 aromatic carbocycles. The van der Waals surface area contributed by atoms with Crippen molar-refractivity contribution in [2.75, 3.05) is 6.54 Å². The molecule has 2 heterocycles. The summed E-state index contributed by atoms with van der Waals surface area (Å²) in [4.78, 5) is 19.5. The van der Waals surface area contributed by atoms with Gasteiger partial charge in [0.15, 0.2) is 0 Å². The second kappa shape index (κ2) is 8.51. The SMILES string of the molecule is C[C@H](N)C(=O)NCC(O)(c1ccc(Cl)cc1)c1ccc(-c2ccnc3[nH]ccc23)cc1. The number of hydrogen-bond acceptors (Lipinski definition) is 4. The number of aliphatic hydroxyl groups is 1. The van der Waals surface area contributed by atoms with Crippen LogP contribution in [0.3, 0.4) is 0 Å². The first-order chi connectivity index (χ1) is 14.9. The van der Waals surface area contributed by atoms with Crippen LogP contribution in [0.1, 0.15) is 18.1 Å². The Balaban J connectivity index is 1.72. The van der Waals surface area contributed by atoms with Gasteiger partial charge in [-0.15, -0.1) is 0 Å². The lowest BCUT2D eigenvalue weighted by Gasteiger charge is -2.30. The topological polar surface area (TPSA) is 104 Å². The number of halogens is 1. The number of nitrogens with one attached hydrogen (secondary N) is 2. The van der Waals surface area contributed by atoms with Crippen molar-refractivity contribution >= 4 is 28.5 Å². The van der Waals surface area contributed by atoms with Crippen molar-refractivity contribution < 1.29 is 9.90 Å². The normalized spacial score (nSPS) is 14.2. The molecule has 0 fully saturated rings. The average Bonchev–Trinajstić information content (AvgIpc) is 3.27. The van der Waals surface area contributed by atoms with E-state index >= 15 is 0 Å². The molecule has 0 aliphatic carbocycles. The fourth-order valence-corrected chi connectivity index (χ4v) is 3.74. The van der Waals surface area contributed by atoms with E-state index in [0.29, 0.717) is 16.1 Å². The molecule has 1 unspecified atom stereocenters. The second-order valence-electron chi connectivity index (χ2n) is 7.55. The summed E-state index contributed by atoms with van der Waals surface area (Å²) < 4.78 is 0. The monoisotopic (exact) mass is 434 g/mol. The van der Waals surface area contributed by atoms with Crippen molar-refractivity contribution in [2.24, 2.45) is 5.73 Å². The van der Waals surface area contributed by atoms with Crippen LogP contribution in [0.2, 0.25) is 5.02 Å². The molecule has 7 heteroatoms. The lowest BCUT2D eigenvalue weighted by Crippen LogP contribution is -2.46. The number of pyridine rings is 1. The molecule has 4 rings (SSSR count). The van der Waals surface area contributed by atoms with Crippen LogP contribution in [0.25, 0.3) is 22.2 Å². The van der Waals surface area contributed by atoms with E-state index in [1.54, 1.807) is 37.4 Å². The van der Waals surface area contributed by atoms with Gasteiger partial charge in [-0.2, -0.15) is 0 Å². The maximum absolute atomic E-state index is 12.1. The molecule has 0 saturated heterocycles. The van der Waals surface area contributed by atoms with Gasteiger partial charge in [-0.3, -0.25) is 4.79 Å². The Kier molecular flexibility index (Phi) is 5.78. The number of rotatable bonds is 6. The summed E-state index contributed by atoms with van der Waals surface area (Å²) >= 11 is 6.03. The number of carbonyl (C=O) groups excluding carboxylic acids is 1. The third-order valence-electron chi connectivity index (χ3n) is 5.39. The molecule has 6 nitrogen and oxygen atoms in total. The van der Waals surface area contributed by atoms with E-state index in [1.807, 2.05) is 42.6 Å². The summed E-state index contributed by atoms with van der Waals surface area (Å²) in [6, 6.07) is 17.8. The molecule has 0 bridgehead atoms. The van der Waals surface area contributed by atoms with Crippen LogP contribution in [0.5, 0.6) is 0 Å². The summed E-state index contributed by atoms with van der Waals surface area (Å²) in [5, 5.41) is 16.0. The van der Waals surface area contributed by atoms with Crippen molar-refractivity contribution in [3.63, 3.8) is 0 Å². The summed E-state index contributed by atoms with van der Waals surface area (Å²) in [6.45, 7) is 1.58. The fraction of sp³-hybridized carbons (Fsp3) is 0.167. The molecule has 2 aromatic heterocycles. The maximum Gasteiger partial charge on any atom is 0.236 e. The number of amides is 1. The molecule has 5 N–H and O–H groups in total. The van der Waals surface area contributed by atoms with Gasteiger partial charge >= 0.3 is 0 Å². The smallest absolute Gasteiger partial charge is 0.236 e. The minimum absolute atomic E-state index is 0.0222. The van der Waals surface area contributed by atoms with Crippen LogP contribution >= 0.6 is 11.6 Å². The summed E-state index contributed by atoms with van der Waals surface area (Å²) in [5.41, 5.74) is 8.33. The highest BCUT2D eigenvalue weighted by atomic mass is 35.5. The standard InChI is InChI=1S/C24H23ClN4O2/c1-15(26)23(30)29-14-24(31,18-6-8-19(25)9-7-18)17-4-2-16(3-5-17)20-10-12-27-22-21(20)11-13-28-22/h2-13,15,31H,14,26H2,1H3,(H,27,28)(H,29,30)/t15-,24?/m0/s1. The minimum Gasteiger partial charge on any atom is -0.379 e. The lowest BCUT2D eigenvalue weighted by atomic mass is 9.85.